The number of fused-ring (bicyclic) bond motifs is 1. The molecule has 0 bridgehead atoms. The lowest BCUT2D eigenvalue weighted by molar-refractivity contribution is 0.104. The lowest BCUT2D eigenvalue weighted by atomic mass is 9.77. The summed E-state index contributed by atoms with van der Waals surface area (Å²) in [7, 11) is 0. The number of carbonyl (C=O) groups is 1. The van der Waals surface area contributed by atoms with Crippen LogP contribution >= 0.6 is 15.9 Å². The maximum atomic E-state index is 11.1. The second-order valence-corrected chi connectivity index (χ2v) is 8.53. The molecule has 1 N–H and O–H groups in total. The molecule has 3 rings (SSSR count). The van der Waals surface area contributed by atoms with Gasteiger partial charge in [-0.25, -0.2) is 4.79 Å². The highest BCUT2D eigenvalue weighted by Crippen LogP contribution is 2.48. The number of amides is 1. The smallest absolute Gasteiger partial charge is 0.407 e. The number of ether oxygens (including phenoxy) is 1. The summed E-state index contributed by atoms with van der Waals surface area (Å²) in [6.45, 7) is 6.64. The van der Waals surface area contributed by atoms with Crippen LogP contribution < -0.4 is 4.74 Å². The van der Waals surface area contributed by atoms with E-state index >= 15 is 0 Å². The Morgan fingerprint density at radius 2 is 2.00 bits per heavy atom. The van der Waals surface area contributed by atoms with Crippen molar-refractivity contribution in [2.45, 2.75) is 26.7 Å². The molecule has 3 atom stereocenters. The summed E-state index contributed by atoms with van der Waals surface area (Å²) in [5.74, 6) is 2.55. The third-order valence-electron chi connectivity index (χ3n) is 5.53. The highest BCUT2D eigenvalue weighted by molar-refractivity contribution is 9.10. The molecule has 0 aromatic heterocycles. The van der Waals surface area contributed by atoms with E-state index in [2.05, 4.69) is 29.8 Å². The molecule has 1 saturated heterocycles. The second-order valence-electron chi connectivity index (χ2n) is 7.61. The molecule has 23 heavy (non-hydrogen) atoms. The zero-order chi connectivity index (χ0) is 16.6. The molecular formula is C18H24BrNO3. The molecule has 1 aliphatic carbocycles. The van der Waals surface area contributed by atoms with Gasteiger partial charge in [0, 0.05) is 23.0 Å². The maximum Gasteiger partial charge on any atom is 0.407 e. The van der Waals surface area contributed by atoms with E-state index in [4.69, 9.17) is 9.84 Å². The minimum absolute atomic E-state index is 0.0979. The summed E-state index contributed by atoms with van der Waals surface area (Å²) in [6, 6.07) is 7.94. The lowest BCUT2D eigenvalue weighted by Crippen LogP contribution is -2.32. The minimum Gasteiger partial charge on any atom is -0.493 e. The average molecular weight is 382 g/mol. The van der Waals surface area contributed by atoms with Crippen molar-refractivity contribution in [3.05, 3.63) is 28.7 Å². The first-order chi connectivity index (χ1) is 10.8. The quantitative estimate of drug-likeness (QED) is 0.835. The number of nitrogens with zero attached hydrogens (tertiary/aromatic N) is 1. The van der Waals surface area contributed by atoms with Crippen LogP contribution in [0.3, 0.4) is 0 Å². The molecule has 1 saturated carbocycles. The van der Waals surface area contributed by atoms with Crippen molar-refractivity contribution in [3.63, 3.8) is 0 Å². The molecule has 1 amide bonds. The minimum atomic E-state index is -0.770. The van der Waals surface area contributed by atoms with Crippen LogP contribution in [0, 0.1) is 23.2 Å². The summed E-state index contributed by atoms with van der Waals surface area (Å²) < 4.78 is 7.04. The van der Waals surface area contributed by atoms with Gasteiger partial charge in [0.1, 0.15) is 5.75 Å². The van der Waals surface area contributed by atoms with Crippen LogP contribution in [0.2, 0.25) is 0 Å². The Bertz CT molecular complexity index is 575. The Morgan fingerprint density at radius 3 is 2.57 bits per heavy atom. The Kier molecular flexibility index (Phi) is 4.59. The van der Waals surface area contributed by atoms with Gasteiger partial charge in [0.25, 0.3) is 0 Å². The molecule has 2 aliphatic rings. The van der Waals surface area contributed by atoms with Crippen LogP contribution in [0.1, 0.15) is 26.7 Å². The number of hydrogen-bond acceptors (Lipinski definition) is 2. The number of carboxylic acid groups (broad SMARTS) is 1. The summed E-state index contributed by atoms with van der Waals surface area (Å²) in [4.78, 5) is 12.7. The Labute approximate surface area is 145 Å². The second kappa shape index (κ2) is 6.34. The number of benzene rings is 1. The van der Waals surface area contributed by atoms with Gasteiger partial charge in [-0.15, -0.1) is 0 Å². The molecule has 4 nitrogen and oxygen atoms in total. The number of hydrogen-bond donors (Lipinski definition) is 1. The van der Waals surface area contributed by atoms with Crippen LogP contribution in [0.25, 0.3) is 0 Å². The highest BCUT2D eigenvalue weighted by atomic mass is 79.9. The Balaban J connectivity index is 1.56. The fourth-order valence-electron chi connectivity index (χ4n) is 4.04. The number of rotatable bonds is 4. The van der Waals surface area contributed by atoms with E-state index in [1.165, 1.54) is 0 Å². The summed E-state index contributed by atoms with van der Waals surface area (Å²) in [5.41, 5.74) is 0.0979. The summed E-state index contributed by atoms with van der Waals surface area (Å²) in [6.07, 6.45) is 1.46. The normalized spacial score (nSPS) is 27.1. The molecule has 5 heteroatoms. The van der Waals surface area contributed by atoms with Crippen molar-refractivity contribution < 1.29 is 14.6 Å². The first-order valence-electron chi connectivity index (χ1n) is 8.21. The van der Waals surface area contributed by atoms with Gasteiger partial charge in [0.05, 0.1) is 6.61 Å². The van der Waals surface area contributed by atoms with Gasteiger partial charge < -0.3 is 14.7 Å². The van der Waals surface area contributed by atoms with Crippen molar-refractivity contribution >= 4 is 22.0 Å². The molecule has 1 heterocycles. The van der Waals surface area contributed by atoms with Crippen molar-refractivity contribution in [2.75, 3.05) is 19.7 Å². The van der Waals surface area contributed by atoms with Gasteiger partial charge in [-0.2, -0.15) is 0 Å². The van der Waals surface area contributed by atoms with E-state index in [1.807, 2.05) is 24.3 Å². The van der Waals surface area contributed by atoms with E-state index in [1.54, 1.807) is 4.90 Å². The van der Waals surface area contributed by atoms with Crippen LogP contribution in [-0.2, 0) is 0 Å². The van der Waals surface area contributed by atoms with E-state index in [0.29, 0.717) is 37.5 Å². The van der Waals surface area contributed by atoms with Crippen LogP contribution in [-0.4, -0.2) is 35.8 Å². The SMILES string of the molecule is CC(C)(COc1cccc(Br)c1)C1C[C@@H]2CN(C(=O)O)C[C@@H]2C1. The zero-order valence-corrected chi connectivity index (χ0v) is 15.3. The van der Waals surface area contributed by atoms with Crippen molar-refractivity contribution in [2.24, 2.45) is 23.2 Å². The average Bonchev–Trinajstić information content (AvgIpc) is 3.04. The molecule has 1 unspecified atom stereocenters. The first kappa shape index (κ1) is 16.6. The molecular weight excluding hydrogens is 358 g/mol. The number of halogens is 1. The van der Waals surface area contributed by atoms with Crippen molar-refractivity contribution in [3.8, 4) is 5.75 Å². The molecule has 1 aromatic rings. The lowest BCUT2D eigenvalue weighted by Gasteiger charge is -2.32. The van der Waals surface area contributed by atoms with Crippen molar-refractivity contribution in [1.29, 1.82) is 0 Å². The Morgan fingerprint density at radius 1 is 1.35 bits per heavy atom. The van der Waals surface area contributed by atoms with Crippen LogP contribution in [0.5, 0.6) is 5.75 Å². The molecule has 1 aliphatic heterocycles. The summed E-state index contributed by atoms with van der Waals surface area (Å²) in [5, 5.41) is 9.13. The van der Waals surface area contributed by atoms with E-state index in [0.717, 1.165) is 23.1 Å². The standard InChI is InChI=1S/C18H24BrNO3/c1-18(2,11-23-16-5-3-4-15(19)8-16)14-6-12-9-20(17(21)22)10-13(12)7-14/h3-5,8,12-14H,6-7,9-11H2,1-2H3,(H,21,22)/t12-,13+,14?. The molecule has 0 spiro atoms. The molecule has 1 aromatic carbocycles. The van der Waals surface area contributed by atoms with Gasteiger partial charge in [-0.3, -0.25) is 0 Å². The maximum absolute atomic E-state index is 11.1. The first-order valence-corrected chi connectivity index (χ1v) is 9.00. The number of likely N-dealkylation sites (tertiary alicyclic amines) is 1. The fraction of sp³-hybridized carbons (Fsp3) is 0.611. The van der Waals surface area contributed by atoms with Crippen LogP contribution in [0.15, 0.2) is 28.7 Å². The zero-order valence-electron chi connectivity index (χ0n) is 13.7. The van der Waals surface area contributed by atoms with Gasteiger partial charge >= 0.3 is 6.09 Å². The van der Waals surface area contributed by atoms with Crippen LogP contribution in [0.4, 0.5) is 4.79 Å². The monoisotopic (exact) mass is 381 g/mol. The fourth-order valence-corrected chi connectivity index (χ4v) is 4.42. The Hall–Kier alpha value is -1.23. The predicted molar refractivity (Wildman–Crippen MR) is 92.7 cm³/mol. The third-order valence-corrected chi connectivity index (χ3v) is 6.03. The summed E-state index contributed by atoms with van der Waals surface area (Å²) >= 11 is 3.47. The molecule has 2 fully saturated rings. The van der Waals surface area contributed by atoms with E-state index < -0.39 is 6.09 Å². The van der Waals surface area contributed by atoms with Gasteiger partial charge in [0.2, 0.25) is 0 Å². The van der Waals surface area contributed by atoms with Crippen molar-refractivity contribution in [1.82, 2.24) is 4.90 Å². The van der Waals surface area contributed by atoms with E-state index in [-0.39, 0.29) is 5.41 Å². The third kappa shape index (κ3) is 3.65. The van der Waals surface area contributed by atoms with Gasteiger partial charge in [-0.1, -0.05) is 35.8 Å². The van der Waals surface area contributed by atoms with Gasteiger partial charge in [0.15, 0.2) is 0 Å². The largest absolute Gasteiger partial charge is 0.493 e. The predicted octanol–water partition coefficient (Wildman–Crippen LogP) is 4.49. The molecule has 0 radical (unpaired) electrons. The molecule has 126 valence electrons. The topological polar surface area (TPSA) is 49.8 Å². The highest BCUT2D eigenvalue weighted by Gasteiger charge is 2.46. The van der Waals surface area contributed by atoms with E-state index in [9.17, 15) is 4.79 Å². The van der Waals surface area contributed by atoms with Gasteiger partial charge in [-0.05, 0) is 48.8 Å².